The van der Waals surface area contributed by atoms with Gasteiger partial charge in [0.1, 0.15) is 16.5 Å². The molecule has 3 aromatic rings. The van der Waals surface area contributed by atoms with Crippen molar-refractivity contribution < 1.29 is 9.53 Å². The van der Waals surface area contributed by atoms with Gasteiger partial charge in [-0.15, -0.1) is 6.42 Å². The zero-order valence-corrected chi connectivity index (χ0v) is 16.2. The first-order valence-corrected chi connectivity index (χ1v) is 9.89. The average Bonchev–Trinajstić information content (AvgIpc) is 2.70. The van der Waals surface area contributed by atoms with Crippen LogP contribution in [-0.2, 0) is 15.6 Å². The van der Waals surface area contributed by atoms with Gasteiger partial charge in [0.25, 0.3) is 0 Å². The molecule has 27 heavy (non-hydrogen) atoms. The summed E-state index contributed by atoms with van der Waals surface area (Å²) in [6, 6.07) is 28.0. The van der Waals surface area contributed by atoms with E-state index in [0.717, 1.165) is 14.7 Å². The standard InChI is InChI=1S/C24H21O2S/c1-4-24(2,3)26-23(25)21-17-11-12-18-22(21)27(19-13-7-5-8-14-19)20-15-9-6-10-16-20/h1,5-18H,2-3H3/q+1. The molecule has 134 valence electrons. The van der Waals surface area contributed by atoms with Crippen LogP contribution in [0.2, 0.25) is 0 Å². The summed E-state index contributed by atoms with van der Waals surface area (Å²) in [7, 11) is -0.430. The molecule has 0 radical (unpaired) electrons. The highest BCUT2D eigenvalue weighted by atomic mass is 32.2. The highest BCUT2D eigenvalue weighted by molar-refractivity contribution is 7.97. The third kappa shape index (κ3) is 4.42. The van der Waals surface area contributed by atoms with E-state index in [1.807, 2.05) is 54.6 Å². The molecular formula is C24H21O2S+. The predicted octanol–water partition coefficient (Wildman–Crippen LogP) is 5.35. The smallest absolute Gasteiger partial charge is 0.344 e. The Hall–Kier alpha value is -2.96. The molecule has 0 saturated carbocycles. The van der Waals surface area contributed by atoms with E-state index in [-0.39, 0.29) is 0 Å². The van der Waals surface area contributed by atoms with Crippen molar-refractivity contribution in [3.63, 3.8) is 0 Å². The van der Waals surface area contributed by atoms with Gasteiger partial charge < -0.3 is 4.74 Å². The maximum Gasteiger partial charge on any atom is 0.344 e. The molecule has 2 nitrogen and oxygen atoms in total. The van der Waals surface area contributed by atoms with Gasteiger partial charge >= 0.3 is 5.97 Å². The van der Waals surface area contributed by atoms with Gasteiger partial charge in [-0.1, -0.05) is 54.5 Å². The highest BCUT2D eigenvalue weighted by Gasteiger charge is 2.34. The van der Waals surface area contributed by atoms with Crippen LogP contribution < -0.4 is 0 Å². The van der Waals surface area contributed by atoms with Gasteiger partial charge in [-0.3, -0.25) is 0 Å². The molecule has 3 rings (SSSR count). The normalized spacial score (nSPS) is 11.0. The number of hydrogen-bond donors (Lipinski definition) is 0. The Kier molecular flexibility index (Phi) is 5.69. The Morgan fingerprint density at radius 2 is 1.33 bits per heavy atom. The molecule has 0 N–H and O–H groups in total. The van der Waals surface area contributed by atoms with Crippen molar-refractivity contribution in [3.05, 3.63) is 90.5 Å². The first-order chi connectivity index (χ1) is 13.0. The van der Waals surface area contributed by atoms with Crippen molar-refractivity contribution in [1.82, 2.24) is 0 Å². The molecule has 0 bridgehead atoms. The largest absolute Gasteiger partial charge is 0.443 e. The third-order valence-corrected chi connectivity index (χ3v) is 6.26. The van der Waals surface area contributed by atoms with Crippen molar-refractivity contribution in [3.8, 4) is 12.3 Å². The fourth-order valence-electron chi connectivity index (χ4n) is 2.63. The molecule has 0 spiro atoms. The number of esters is 1. The fourth-order valence-corrected chi connectivity index (χ4v) is 4.86. The molecule has 0 aliphatic carbocycles. The summed E-state index contributed by atoms with van der Waals surface area (Å²) < 4.78 is 5.57. The summed E-state index contributed by atoms with van der Waals surface area (Å²) in [6.07, 6.45) is 5.49. The van der Waals surface area contributed by atoms with Gasteiger partial charge in [0.05, 0.1) is 0 Å². The Labute approximate surface area is 163 Å². The molecule has 0 heterocycles. The van der Waals surface area contributed by atoms with Crippen molar-refractivity contribution in [2.24, 2.45) is 0 Å². The van der Waals surface area contributed by atoms with Crippen LogP contribution in [-0.4, -0.2) is 11.6 Å². The van der Waals surface area contributed by atoms with Gasteiger partial charge in [-0.2, -0.15) is 0 Å². The minimum Gasteiger partial charge on any atom is -0.443 e. The van der Waals surface area contributed by atoms with E-state index in [0.29, 0.717) is 5.56 Å². The first kappa shape index (κ1) is 18.8. The van der Waals surface area contributed by atoms with E-state index >= 15 is 0 Å². The lowest BCUT2D eigenvalue weighted by molar-refractivity contribution is 0.0200. The maximum absolute atomic E-state index is 12.9. The summed E-state index contributed by atoms with van der Waals surface area (Å²) in [6.45, 7) is 3.42. The van der Waals surface area contributed by atoms with Crippen LogP contribution in [0.1, 0.15) is 24.2 Å². The quantitative estimate of drug-likeness (QED) is 0.342. The van der Waals surface area contributed by atoms with Crippen LogP contribution in [0.3, 0.4) is 0 Å². The molecule has 0 saturated heterocycles. The van der Waals surface area contributed by atoms with E-state index in [4.69, 9.17) is 11.2 Å². The van der Waals surface area contributed by atoms with Gasteiger partial charge in [-0.05, 0) is 50.2 Å². The summed E-state index contributed by atoms with van der Waals surface area (Å²) in [4.78, 5) is 16.1. The van der Waals surface area contributed by atoms with Gasteiger partial charge in [0.15, 0.2) is 20.3 Å². The van der Waals surface area contributed by atoms with Crippen molar-refractivity contribution >= 4 is 16.9 Å². The Morgan fingerprint density at radius 1 is 0.852 bits per heavy atom. The minimum absolute atomic E-state index is 0.405. The second-order valence-electron chi connectivity index (χ2n) is 6.47. The molecule has 3 heteroatoms. The number of rotatable bonds is 5. The number of benzene rings is 3. The Bertz CT molecular complexity index is 917. The molecule has 0 fully saturated rings. The Balaban J connectivity index is 2.12. The van der Waals surface area contributed by atoms with Crippen molar-refractivity contribution in [2.75, 3.05) is 0 Å². The SMILES string of the molecule is C#CC(C)(C)OC(=O)c1ccccc1[S+](c1ccccc1)c1ccccc1. The topological polar surface area (TPSA) is 26.3 Å². The Morgan fingerprint density at radius 3 is 1.85 bits per heavy atom. The molecule has 0 aromatic heterocycles. The lowest BCUT2D eigenvalue weighted by atomic mass is 10.1. The monoisotopic (exact) mass is 373 g/mol. The first-order valence-electron chi connectivity index (χ1n) is 8.66. The van der Waals surface area contributed by atoms with E-state index in [1.165, 1.54) is 0 Å². The predicted molar refractivity (Wildman–Crippen MR) is 110 cm³/mol. The molecule has 0 aliphatic heterocycles. The number of carbonyl (C=O) groups is 1. The zero-order chi connectivity index (χ0) is 19.3. The third-order valence-electron chi connectivity index (χ3n) is 3.98. The maximum atomic E-state index is 12.9. The lowest BCUT2D eigenvalue weighted by Gasteiger charge is -2.19. The van der Waals surface area contributed by atoms with Gasteiger partial charge in [0, 0.05) is 0 Å². The van der Waals surface area contributed by atoms with E-state index < -0.39 is 22.5 Å². The van der Waals surface area contributed by atoms with E-state index in [2.05, 4.69) is 30.2 Å². The summed E-state index contributed by atoms with van der Waals surface area (Å²) >= 11 is 0. The van der Waals surface area contributed by atoms with Crippen LogP contribution in [0.4, 0.5) is 0 Å². The number of hydrogen-bond acceptors (Lipinski definition) is 2. The zero-order valence-electron chi connectivity index (χ0n) is 15.4. The average molecular weight is 373 g/mol. The lowest BCUT2D eigenvalue weighted by Crippen LogP contribution is -2.27. The second kappa shape index (κ2) is 8.16. The van der Waals surface area contributed by atoms with Crippen LogP contribution in [0.25, 0.3) is 0 Å². The molecule has 0 amide bonds. The molecule has 0 aliphatic rings. The highest BCUT2D eigenvalue weighted by Crippen LogP contribution is 2.33. The van der Waals surface area contributed by atoms with Crippen LogP contribution in [0.15, 0.2) is 99.6 Å². The summed E-state index contributed by atoms with van der Waals surface area (Å²) in [5, 5.41) is 0. The van der Waals surface area contributed by atoms with Crippen molar-refractivity contribution in [2.45, 2.75) is 34.1 Å². The van der Waals surface area contributed by atoms with Crippen molar-refractivity contribution in [1.29, 1.82) is 0 Å². The number of ether oxygens (including phenoxy) is 1. The molecular weight excluding hydrogens is 352 g/mol. The second-order valence-corrected chi connectivity index (χ2v) is 8.47. The molecule has 0 atom stereocenters. The minimum atomic E-state index is -0.956. The van der Waals surface area contributed by atoms with Crippen LogP contribution in [0, 0.1) is 12.3 Å². The van der Waals surface area contributed by atoms with E-state index in [1.54, 1.807) is 19.9 Å². The van der Waals surface area contributed by atoms with Crippen LogP contribution in [0.5, 0.6) is 0 Å². The van der Waals surface area contributed by atoms with E-state index in [9.17, 15) is 4.79 Å². The van der Waals surface area contributed by atoms with Gasteiger partial charge in [0.2, 0.25) is 0 Å². The van der Waals surface area contributed by atoms with Crippen LogP contribution >= 0.6 is 0 Å². The molecule has 0 unspecified atom stereocenters. The van der Waals surface area contributed by atoms with Gasteiger partial charge in [-0.25, -0.2) is 4.79 Å². The summed E-state index contributed by atoms with van der Waals surface area (Å²) in [5.41, 5.74) is -0.417. The fraction of sp³-hybridized carbons (Fsp3) is 0.125. The molecule has 3 aromatic carbocycles. The number of terminal acetylenes is 1. The summed E-state index contributed by atoms with van der Waals surface area (Å²) in [5.74, 6) is 2.11. The number of carbonyl (C=O) groups excluding carboxylic acids is 1.